The SMILES string of the molecule is CCCCCC(OP1OC(C)O1)(c1ccc(C(C)(C)C)cc1C(C)(C)C)c1ccc(C(C)(C)C)cc1C(C)(C)C. The van der Waals surface area contributed by atoms with Gasteiger partial charge in [-0.15, -0.1) is 0 Å². The molecule has 0 atom stereocenters. The van der Waals surface area contributed by atoms with Gasteiger partial charge in [-0.1, -0.05) is 139 Å². The Morgan fingerprint density at radius 2 is 1.05 bits per heavy atom. The Balaban J connectivity index is 2.45. The van der Waals surface area contributed by atoms with Gasteiger partial charge in [0, 0.05) is 0 Å². The van der Waals surface area contributed by atoms with Crippen LogP contribution in [0.2, 0.25) is 0 Å². The molecule has 224 valence electrons. The normalized spacial score (nSPS) is 19.1. The topological polar surface area (TPSA) is 27.7 Å². The molecule has 0 bridgehead atoms. The van der Waals surface area contributed by atoms with E-state index >= 15 is 0 Å². The molecular weight excluding hydrogens is 511 g/mol. The first-order valence-corrected chi connectivity index (χ1v) is 16.4. The second kappa shape index (κ2) is 11.8. The molecule has 4 heteroatoms. The van der Waals surface area contributed by atoms with E-state index in [-0.39, 0.29) is 27.9 Å². The van der Waals surface area contributed by atoms with Crippen LogP contribution >= 0.6 is 8.60 Å². The Hall–Kier alpha value is -1.25. The molecule has 0 spiro atoms. The van der Waals surface area contributed by atoms with E-state index in [1.165, 1.54) is 33.4 Å². The van der Waals surface area contributed by atoms with Crippen LogP contribution in [0.25, 0.3) is 0 Å². The van der Waals surface area contributed by atoms with Crippen LogP contribution in [-0.2, 0) is 40.8 Å². The zero-order valence-electron chi connectivity index (χ0n) is 28.0. The van der Waals surface area contributed by atoms with Gasteiger partial charge in [-0.25, -0.2) is 0 Å². The van der Waals surface area contributed by atoms with Crippen molar-refractivity contribution in [3.05, 3.63) is 69.8 Å². The lowest BCUT2D eigenvalue weighted by Gasteiger charge is -2.45. The van der Waals surface area contributed by atoms with Crippen molar-refractivity contribution >= 4 is 8.60 Å². The van der Waals surface area contributed by atoms with Gasteiger partial charge in [0.15, 0.2) is 6.29 Å². The van der Waals surface area contributed by atoms with Crippen molar-refractivity contribution in [1.82, 2.24) is 0 Å². The predicted molar refractivity (Wildman–Crippen MR) is 172 cm³/mol. The quantitative estimate of drug-likeness (QED) is 0.234. The number of hydrogen-bond acceptors (Lipinski definition) is 3. The average Bonchev–Trinajstić information content (AvgIpc) is 2.79. The minimum atomic E-state index is -1.45. The summed E-state index contributed by atoms with van der Waals surface area (Å²) in [4.78, 5) is 0. The number of hydrogen-bond donors (Lipinski definition) is 0. The zero-order valence-corrected chi connectivity index (χ0v) is 28.9. The van der Waals surface area contributed by atoms with Crippen LogP contribution in [0.15, 0.2) is 36.4 Å². The first-order valence-electron chi connectivity index (χ1n) is 15.3. The fourth-order valence-corrected chi connectivity index (χ4v) is 6.70. The molecule has 1 aliphatic rings. The van der Waals surface area contributed by atoms with Gasteiger partial charge in [0.25, 0.3) is 0 Å². The van der Waals surface area contributed by atoms with E-state index < -0.39 is 14.2 Å². The molecule has 0 saturated carbocycles. The molecule has 40 heavy (non-hydrogen) atoms. The molecule has 1 aliphatic heterocycles. The number of benzene rings is 2. The maximum atomic E-state index is 7.21. The van der Waals surface area contributed by atoms with Crippen molar-refractivity contribution in [3.63, 3.8) is 0 Å². The van der Waals surface area contributed by atoms with Gasteiger partial charge in [0.1, 0.15) is 5.60 Å². The highest BCUT2D eigenvalue weighted by molar-refractivity contribution is 7.42. The highest BCUT2D eigenvalue weighted by atomic mass is 31.2. The smallest absolute Gasteiger partial charge is 0.296 e. The van der Waals surface area contributed by atoms with Gasteiger partial charge in [-0.3, -0.25) is 13.6 Å². The van der Waals surface area contributed by atoms with Crippen LogP contribution in [0.1, 0.15) is 156 Å². The highest BCUT2D eigenvalue weighted by Crippen LogP contribution is 2.60. The number of unbranched alkanes of at least 4 members (excludes halogenated alkanes) is 2. The molecule has 0 aromatic heterocycles. The Bertz CT molecular complexity index is 1070. The molecule has 2 aromatic rings. The first kappa shape index (κ1) is 33.3. The molecule has 0 unspecified atom stereocenters. The average molecular weight is 569 g/mol. The van der Waals surface area contributed by atoms with Crippen molar-refractivity contribution in [2.45, 2.75) is 156 Å². The fraction of sp³-hybridized carbons (Fsp3) is 0.667. The minimum Gasteiger partial charge on any atom is -0.296 e. The van der Waals surface area contributed by atoms with Crippen molar-refractivity contribution in [2.75, 3.05) is 0 Å². The predicted octanol–water partition coefficient (Wildman–Crippen LogP) is 11.3. The highest BCUT2D eigenvalue weighted by Gasteiger charge is 2.47. The maximum absolute atomic E-state index is 7.21. The first-order chi connectivity index (χ1) is 18.2. The van der Waals surface area contributed by atoms with Crippen LogP contribution in [0.3, 0.4) is 0 Å². The van der Waals surface area contributed by atoms with E-state index in [4.69, 9.17) is 13.6 Å². The van der Waals surface area contributed by atoms with Crippen LogP contribution in [0.4, 0.5) is 0 Å². The van der Waals surface area contributed by atoms with E-state index in [0.717, 1.165) is 25.7 Å². The standard InChI is InChI=1S/C36H57O3P/c1-15-16-17-22-36(39-40-37-25(2)38-40,28-20-18-26(32(3,4)5)23-30(28)34(9,10)11)29-21-19-27(33(6,7)8)24-31(29)35(12,13)14/h18-21,23-25H,15-17,22H2,1-14H3. The molecule has 3 nitrogen and oxygen atoms in total. The van der Waals surface area contributed by atoms with E-state index in [2.05, 4.69) is 126 Å². The molecule has 0 aliphatic carbocycles. The summed E-state index contributed by atoms with van der Waals surface area (Å²) in [7, 11) is -1.45. The molecule has 0 radical (unpaired) electrons. The van der Waals surface area contributed by atoms with Gasteiger partial charge in [0.05, 0.1) is 0 Å². The van der Waals surface area contributed by atoms with Crippen molar-refractivity contribution in [1.29, 1.82) is 0 Å². The molecule has 2 aromatic carbocycles. The summed E-state index contributed by atoms with van der Waals surface area (Å²) in [5.74, 6) is 0. The summed E-state index contributed by atoms with van der Waals surface area (Å²) >= 11 is 0. The van der Waals surface area contributed by atoms with E-state index in [0.29, 0.717) is 0 Å². The van der Waals surface area contributed by atoms with Crippen LogP contribution in [0, 0.1) is 0 Å². The van der Waals surface area contributed by atoms with Crippen LogP contribution in [-0.4, -0.2) is 6.29 Å². The Morgan fingerprint density at radius 3 is 1.38 bits per heavy atom. The summed E-state index contributed by atoms with van der Waals surface area (Å²) in [5, 5.41) is 0. The van der Waals surface area contributed by atoms with Crippen LogP contribution < -0.4 is 0 Å². The monoisotopic (exact) mass is 568 g/mol. The van der Waals surface area contributed by atoms with Gasteiger partial charge in [0.2, 0.25) is 0 Å². The second-order valence-corrected chi connectivity index (χ2v) is 16.9. The lowest BCUT2D eigenvalue weighted by Crippen LogP contribution is -2.38. The van der Waals surface area contributed by atoms with Gasteiger partial charge in [-0.05, 0) is 74.8 Å². The summed E-state index contributed by atoms with van der Waals surface area (Å²) in [6, 6.07) is 14.2. The molecule has 3 rings (SSSR count). The van der Waals surface area contributed by atoms with E-state index in [1.54, 1.807) is 0 Å². The van der Waals surface area contributed by atoms with Gasteiger partial charge < -0.3 is 0 Å². The lowest BCUT2D eigenvalue weighted by atomic mass is 9.68. The van der Waals surface area contributed by atoms with Gasteiger partial charge in [-0.2, -0.15) is 0 Å². The Morgan fingerprint density at radius 1 is 0.625 bits per heavy atom. The Kier molecular flexibility index (Phi) is 9.80. The summed E-state index contributed by atoms with van der Waals surface area (Å²) in [6.45, 7) is 31.9. The lowest BCUT2D eigenvalue weighted by molar-refractivity contribution is -0.108. The van der Waals surface area contributed by atoms with Gasteiger partial charge >= 0.3 is 8.60 Å². The summed E-state index contributed by atoms with van der Waals surface area (Å²) in [6.07, 6.45) is 4.01. The van der Waals surface area contributed by atoms with E-state index in [9.17, 15) is 0 Å². The third kappa shape index (κ3) is 7.38. The second-order valence-electron chi connectivity index (χ2n) is 15.9. The maximum Gasteiger partial charge on any atom is 0.338 e. The van der Waals surface area contributed by atoms with Crippen molar-refractivity contribution in [2.24, 2.45) is 0 Å². The number of rotatable bonds is 8. The van der Waals surface area contributed by atoms with E-state index in [1.807, 2.05) is 6.92 Å². The summed E-state index contributed by atoms with van der Waals surface area (Å²) < 4.78 is 19.3. The molecular formula is C36H57O3P. The fourth-order valence-electron chi connectivity index (χ4n) is 5.57. The zero-order chi connectivity index (χ0) is 30.3. The third-order valence-electron chi connectivity index (χ3n) is 8.09. The minimum absolute atomic E-state index is 0.0505. The molecule has 0 N–H and O–H groups in total. The van der Waals surface area contributed by atoms with Crippen molar-refractivity contribution in [3.8, 4) is 0 Å². The molecule has 1 heterocycles. The van der Waals surface area contributed by atoms with Crippen LogP contribution in [0.5, 0.6) is 0 Å². The van der Waals surface area contributed by atoms with Crippen molar-refractivity contribution < 1.29 is 13.6 Å². The summed E-state index contributed by atoms with van der Waals surface area (Å²) in [5.41, 5.74) is 7.09. The third-order valence-corrected chi connectivity index (χ3v) is 9.49. The molecule has 1 saturated heterocycles. The largest absolute Gasteiger partial charge is 0.338 e. The Labute approximate surface area is 247 Å². The molecule has 0 amide bonds. The molecule has 1 fully saturated rings.